The molecule has 0 aliphatic carbocycles. The Bertz CT molecular complexity index is 1920. The second kappa shape index (κ2) is 10.4. The first-order valence-corrected chi connectivity index (χ1v) is 13.4. The molecule has 3 nitrogen and oxygen atoms in total. The number of hydrogen-bond donors (Lipinski definition) is 0. The van der Waals surface area contributed by atoms with Crippen LogP contribution in [-0.4, -0.2) is 15.0 Å². The molecule has 0 atom stereocenters. The Kier molecular flexibility index (Phi) is 6.15. The van der Waals surface area contributed by atoms with Crippen LogP contribution in [0, 0.1) is 0 Å². The van der Waals surface area contributed by atoms with Crippen LogP contribution in [0.25, 0.3) is 67.2 Å². The van der Waals surface area contributed by atoms with Crippen LogP contribution < -0.4 is 0 Å². The van der Waals surface area contributed by atoms with Gasteiger partial charge in [-0.25, -0.2) is 15.0 Å². The van der Waals surface area contributed by atoms with Gasteiger partial charge in [0, 0.05) is 16.7 Å². The molecule has 7 rings (SSSR count). The predicted molar refractivity (Wildman–Crippen MR) is 165 cm³/mol. The summed E-state index contributed by atoms with van der Waals surface area (Å²) in [6.45, 7) is 0. The number of hydrogen-bond acceptors (Lipinski definition) is 3. The van der Waals surface area contributed by atoms with Gasteiger partial charge in [-0.1, -0.05) is 152 Å². The van der Waals surface area contributed by atoms with Crippen molar-refractivity contribution in [3.63, 3.8) is 0 Å². The van der Waals surface area contributed by atoms with Gasteiger partial charge in [0.1, 0.15) is 0 Å². The molecule has 0 bridgehead atoms. The molecule has 188 valence electrons. The fraction of sp³-hybridized carbons (Fsp3) is 0. The molecule has 6 aromatic carbocycles. The van der Waals surface area contributed by atoms with Gasteiger partial charge in [-0.2, -0.15) is 0 Å². The molecule has 0 saturated heterocycles. The van der Waals surface area contributed by atoms with Gasteiger partial charge in [0.25, 0.3) is 0 Å². The highest BCUT2D eigenvalue weighted by molar-refractivity contribution is 6.03. The normalized spacial score (nSPS) is 11.0. The molecule has 1 heterocycles. The number of aromatic nitrogens is 3. The van der Waals surface area contributed by atoms with Crippen molar-refractivity contribution in [2.24, 2.45) is 0 Å². The highest BCUT2D eigenvalue weighted by Crippen LogP contribution is 2.38. The van der Waals surface area contributed by atoms with Crippen molar-refractivity contribution < 1.29 is 0 Å². The van der Waals surface area contributed by atoms with E-state index in [4.69, 9.17) is 15.0 Å². The summed E-state index contributed by atoms with van der Waals surface area (Å²) in [6.07, 6.45) is 0. The Morgan fingerprint density at radius 2 is 0.750 bits per heavy atom. The van der Waals surface area contributed by atoms with Gasteiger partial charge in [-0.15, -0.1) is 0 Å². The highest BCUT2D eigenvalue weighted by atomic mass is 15.0. The predicted octanol–water partition coefficient (Wildman–Crippen LogP) is 9.36. The average molecular weight is 512 g/mol. The molecule has 0 unspecified atom stereocenters. The van der Waals surface area contributed by atoms with E-state index in [-0.39, 0.29) is 0 Å². The van der Waals surface area contributed by atoms with E-state index < -0.39 is 0 Å². The quantitative estimate of drug-likeness (QED) is 0.231. The van der Waals surface area contributed by atoms with E-state index in [1.54, 1.807) is 0 Å². The molecule has 0 saturated carbocycles. The first kappa shape index (κ1) is 23.7. The van der Waals surface area contributed by atoms with Gasteiger partial charge < -0.3 is 0 Å². The molecule has 0 radical (unpaired) electrons. The lowest BCUT2D eigenvalue weighted by molar-refractivity contribution is 1.08. The SMILES string of the molecule is c1ccc(-c2ccc(-c3nc(-c4ccccc4)nc(-c4c(-c5ccccc5)ccc5ccccc45)n3)cc2)cc1. The Morgan fingerprint density at radius 3 is 1.40 bits per heavy atom. The molecule has 3 heteroatoms. The van der Waals surface area contributed by atoms with E-state index in [1.165, 1.54) is 5.56 Å². The fourth-order valence-electron chi connectivity index (χ4n) is 5.15. The minimum atomic E-state index is 0.649. The van der Waals surface area contributed by atoms with Gasteiger partial charge in [0.15, 0.2) is 17.5 Å². The number of benzene rings is 6. The van der Waals surface area contributed by atoms with Gasteiger partial charge >= 0.3 is 0 Å². The van der Waals surface area contributed by atoms with Crippen molar-refractivity contribution in [1.29, 1.82) is 0 Å². The van der Waals surface area contributed by atoms with Gasteiger partial charge in [0.2, 0.25) is 0 Å². The zero-order valence-electron chi connectivity index (χ0n) is 21.8. The molecular formula is C37H25N3. The van der Waals surface area contributed by atoms with Gasteiger partial charge in [-0.05, 0) is 33.0 Å². The van der Waals surface area contributed by atoms with Crippen molar-refractivity contribution in [1.82, 2.24) is 15.0 Å². The van der Waals surface area contributed by atoms with Gasteiger partial charge in [0.05, 0.1) is 0 Å². The fourth-order valence-corrected chi connectivity index (χ4v) is 5.15. The second-order valence-electron chi connectivity index (χ2n) is 9.69. The molecule has 1 aromatic heterocycles. The van der Waals surface area contributed by atoms with Crippen LogP contribution in [-0.2, 0) is 0 Å². The molecule has 0 amide bonds. The maximum Gasteiger partial charge on any atom is 0.165 e. The number of nitrogens with zero attached hydrogens (tertiary/aromatic N) is 3. The Balaban J connectivity index is 1.46. The summed E-state index contributed by atoms with van der Waals surface area (Å²) in [5.74, 6) is 1.96. The first-order chi connectivity index (χ1) is 19.8. The molecule has 7 aromatic rings. The molecular weight excluding hydrogens is 486 g/mol. The Hall–Kier alpha value is -5.41. The summed E-state index contributed by atoms with van der Waals surface area (Å²) in [5.41, 5.74) is 7.46. The van der Waals surface area contributed by atoms with Crippen LogP contribution in [0.1, 0.15) is 0 Å². The van der Waals surface area contributed by atoms with E-state index in [0.29, 0.717) is 17.5 Å². The summed E-state index contributed by atoms with van der Waals surface area (Å²) in [6, 6.07) is 52.2. The molecule has 0 spiro atoms. The maximum atomic E-state index is 5.12. The molecule has 0 N–H and O–H groups in total. The van der Waals surface area contributed by atoms with E-state index in [1.807, 2.05) is 42.5 Å². The second-order valence-corrected chi connectivity index (χ2v) is 9.69. The zero-order valence-corrected chi connectivity index (χ0v) is 21.8. The third kappa shape index (κ3) is 4.55. The van der Waals surface area contributed by atoms with Crippen molar-refractivity contribution in [2.75, 3.05) is 0 Å². The minimum absolute atomic E-state index is 0.649. The topological polar surface area (TPSA) is 38.7 Å². The maximum absolute atomic E-state index is 5.12. The summed E-state index contributed by atoms with van der Waals surface area (Å²) in [4.78, 5) is 15.2. The summed E-state index contributed by atoms with van der Waals surface area (Å²) >= 11 is 0. The highest BCUT2D eigenvalue weighted by Gasteiger charge is 2.18. The van der Waals surface area contributed by atoms with Crippen LogP contribution in [0.4, 0.5) is 0 Å². The molecule has 40 heavy (non-hydrogen) atoms. The Labute approximate surface area is 233 Å². The van der Waals surface area contributed by atoms with E-state index >= 15 is 0 Å². The first-order valence-electron chi connectivity index (χ1n) is 13.4. The van der Waals surface area contributed by atoms with Crippen molar-refractivity contribution in [3.8, 4) is 56.4 Å². The monoisotopic (exact) mass is 511 g/mol. The van der Waals surface area contributed by atoms with Gasteiger partial charge in [-0.3, -0.25) is 0 Å². The van der Waals surface area contributed by atoms with Crippen molar-refractivity contribution >= 4 is 10.8 Å². The van der Waals surface area contributed by atoms with Crippen LogP contribution >= 0.6 is 0 Å². The van der Waals surface area contributed by atoms with Crippen molar-refractivity contribution in [3.05, 3.63) is 152 Å². The summed E-state index contributed by atoms with van der Waals surface area (Å²) in [5, 5.41) is 2.26. The largest absolute Gasteiger partial charge is 0.208 e. The standard InChI is InChI=1S/C37H25N3/c1-4-12-26(13-5-1)27-20-22-31(23-21-27)36-38-35(30-17-8-3-9-18-30)39-37(40-36)34-32-19-11-10-16-29(32)24-25-33(34)28-14-6-2-7-15-28/h1-25H. The number of fused-ring (bicyclic) bond motifs is 1. The summed E-state index contributed by atoms with van der Waals surface area (Å²) in [7, 11) is 0. The lowest BCUT2D eigenvalue weighted by Gasteiger charge is -2.15. The molecule has 0 fully saturated rings. The third-order valence-corrected chi connectivity index (χ3v) is 7.16. The van der Waals surface area contributed by atoms with E-state index in [2.05, 4.69) is 109 Å². The zero-order chi connectivity index (χ0) is 26.7. The summed E-state index contributed by atoms with van der Waals surface area (Å²) < 4.78 is 0. The number of rotatable bonds is 5. The van der Waals surface area contributed by atoms with Crippen molar-refractivity contribution in [2.45, 2.75) is 0 Å². The van der Waals surface area contributed by atoms with E-state index in [0.717, 1.165) is 44.2 Å². The molecule has 0 aliphatic heterocycles. The van der Waals surface area contributed by atoms with Crippen LogP contribution in [0.3, 0.4) is 0 Å². The smallest absolute Gasteiger partial charge is 0.165 e. The van der Waals surface area contributed by atoms with E-state index in [9.17, 15) is 0 Å². The lowest BCUT2D eigenvalue weighted by atomic mass is 9.93. The Morgan fingerprint density at radius 1 is 0.300 bits per heavy atom. The minimum Gasteiger partial charge on any atom is -0.208 e. The average Bonchev–Trinajstić information content (AvgIpc) is 3.05. The molecule has 0 aliphatic rings. The third-order valence-electron chi connectivity index (χ3n) is 7.16. The lowest BCUT2D eigenvalue weighted by Crippen LogP contribution is -2.01. The van der Waals surface area contributed by atoms with Crippen LogP contribution in [0.15, 0.2) is 152 Å². The van der Waals surface area contributed by atoms with Crippen LogP contribution in [0.2, 0.25) is 0 Å². The van der Waals surface area contributed by atoms with Crippen LogP contribution in [0.5, 0.6) is 0 Å².